The molecular formula is C11H15N3O2. The van der Waals surface area contributed by atoms with Crippen LogP contribution in [0.25, 0.3) is 0 Å². The molecule has 1 atom stereocenters. The van der Waals surface area contributed by atoms with Crippen molar-refractivity contribution in [1.29, 1.82) is 0 Å². The molecule has 1 unspecified atom stereocenters. The zero-order valence-electron chi connectivity index (χ0n) is 9.14. The van der Waals surface area contributed by atoms with Gasteiger partial charge in [0.15, 0.2) is 0 Å². The Morgan fingerprint density at radius 2 is 2.06 bits per heavy atom. The molecule has 86 valence electrons. The number of carbonyl (C=O) groups excluding carboxylic acids is 2. The third-order valence-corrected chi connectivity index (χ3v) is 2.17. The van der Waals surface area contributed by atoms with Crippen molar-refractivity contribution in [2.45, 2.75) is 25.8 Å². The van der Waals surface area contributed by atoms with E-state index in [0.717, 1.165) is 6.42 Å². The number of nitrogens with one attached hydrogen (secondary N) is 1. The van der Waals surface area contributed by atoms with E-state index in [2.05, 4.69) is 10.3 Å². The molecule has 1 rings (SSSR count). The Hall–Kier alpha value is -1.91. The molecule has 5 heteroatoms. The van der Waals surface area contributed by atoms with E-state index < -0.39 is 11.9 Å². The Bertz CT molecular complexity index is 365. The van der Waals surface area contributed by atoms with Crippen molar-refractivity contribution in [3.63, 3.8) is 0 Å². The molecule has 1 aromatic heterocycles. The van der Waals surface area contributed by atoms with Crippen LogP contribution in [0.1, 0.15) is 30.1 Å². The van der Waals surface area contributed by atoms with E-state index in [4.69, 9.17) is 5.73 Å². The lowest BCUT2D eigenvalue weighted by molar-refractivity contribution is -0.120. The van der Waals surface area contributed by atoms with Gasteiger partial charge in [-0.05, 0) is 18.6 Å². The molecule has 0 aliphatic carbocycles. The fourth-order valence-corrected chi connectivity index (χ4v) is 1.32. The number of rotatable bonds is 5. The molecule has 1 heterocycles. The third-order valence-electron chi connectivity index (χ3n) is 2.17. The molecule has 1 aromatic rings. The average Bonchev–Trinajstić information content (AvgIpc) is 2.29. The summed E-state index contributed by atoms with van der Waals surface area (Å²) in [4.78, 5) is 26.5. The number of hydrogen-bond acceptors (Lipinski definition) is 3. The molecule has 0 aliphatic rings. The summed E-state index contributed by atoms with van der Waals surface area (Å²) in [7, 11) is 0. The topological polar surface area (TPSA) is 85.1 Å². The van der Waals surface area contributed by atoms with Crippen LogP contribution in [0.3, 0.4) is 0 Å². The summed E-state index contributed by atoms with van der Waals surface area (Å²) in [6, 6.07) is 2.56. The van der Waals surface area contributed by atoms with Gasteiger partial charge < -0.3 is 11.1 Å². The van der Waals surface area contributed by atoms with Gasteiger partial charge in [0.1, 0.15) is 6.04 Å². The molecule has 5 nitrogen and oxygen atoms in total. The molecule has 0 saturated carbocycles. The highest BCUT2D eigenvalue weighted by Crippen LogP contribution is 2.00. The first-order valence-electron chi connectivity index (χ1n) is 5.15. The maximum atomic E-state index is 11.7. The van der Waals surface area contributed by atoms with Gasteiger partial charge in [-0.15, -0.1) is 0 Å². The molecule has 0 saturated heterocycles. The molecule has 2 amide bonds. The van der Waals surface area contributed by atoms with Crippen LogP contribution in [-0.2, 0) is 4.79 Å². The number of nitrogens with zero attached hydrogens (tertiary/aromatic N) is 1. The number of pyridine rings is 1. The summed E-state index contributed by atoms with van der Waals surface area (Å²) >= 11 is 0. The number of primary amides is 1. The van der Waals surface area contributed by atoms with Crippen LogP contribution in [0.2, 0.25) is 0 Å². The number of carbonyl (C=O) groups is 2. The van der Waals surface area contributed by atoms with Crippen molar-refractivity contribution in [3.8, 4) is 0 Å². The minimum Gasteiger partial charge on any atom is -0.368 e. The van der Waals surface area contributed by atoms with E-state index in [9.17, 15) is 9.59 Å². The summed E-state index contributed by atoms with van der Waals surface area (Å²) < 4.78 is 0. The standard InChI is InChI=1S/C11H15N3O2/c1-2-3-9(10(12)15)14-11(16)8-4-6-13-7-5-8/h4-7,9H,2-3H2,1H3,(H2,12,15)(H,14,16). The second-order valence-electron chi connectivity index (χ2n) is 3.45. The van der Waals surface area contributed by atoms with Gasteiger partial charge in [0, 0.05) is 18.0 Å². The van der Waals surface area contributed by atoms with Crippen molar-refractivity contribution in [3.05, 3.63) is 30.1 Å². The normalized spacial score (nSPS) is 11.8. The highest BCUT2D eigenvalue weighted by atomic mass is 16.2. The first-order chi connectivity index (χ1) is 7.65. The third kappa shape index (κ3) is 3.34. The average molecular weight is 221 g/mol. The van der Waals surface area contributed by atoms with Crippen molar-refractivity contribution >= 4 is 11.8 Å². The van der Waals surface area contributed by atoms with Gasteiger partial charge in [-0.1, -0.05) is 13.3 Å². The quantitative estimate of drug-likeness (QED) is 0.757. The van der Waals surface area contributed by atoms with Crippen LogP contribution < -0.4 is 11.1 Å². The number of hydrogen-bond donors (Lipinski definition) is 2. The van der Waals surface area contributed by atoms with Crippen LogP contribution >= 0.6 is 0 Å². The Morgan fingerprint density at radius 3 is 2.56 bits per heavy atom. The predicted octanol–water partition coefficient (Wildman–Crippen LogP) is 0.465. The molecule has 0 bridgehead atoms. The lowest BCUT2D eigenvalue weighted by Crippen LogP contribution is -2.44. The highest BCUT2D eigenvalue weighted by Gasteiger charge is 2.17. The van der Waals surface area contributed by atoms with Crippen molar-refractivity contribution in [2.24, 2.45) is 5.73 Å². The number of nitrogens with two attached hydrogens (primary N) is 1. The fraction of sp³-hybridized carbons (Fsp3) is 0.364. The first kappa shape index (κ1) is 12.2. The van der Waals surface area contributed by atoms with Crippen molar-refractivity contribution < 1.29 is 9.59 Å². The summed E-state index contributed by atoms with van der Waals surface area (Å²) in [6.45, 7) is 1.93. The summed E-state index contributed by atoms with van der Waals surface area (Å²) in [5.41, 5.74) is 5.65. The lowest BCUT2D eigenvalue weighted by atomic mass is 10.1. The Kier molecular flexibility index (Phi) is 4.44. The molecule has 0 radical (unpaired) electrons. The van der Waals surface area contributed by atoms with E-state index in [1.54, 1.807) is 12.1 Å². The van der Waals surface area contributed by atoms with Gasteiger partial charge in [0.05, 0.1) is 0 Å². The zero-order valence-corrected chi connectivity index (χ0v) is 9.14. The van der Waals surface area contributed by atoms with Gasteiger partial charge in [-0.3, -0.25) is 14.6 Å². The van der Waals surface area contributed by atoms with Crippen molar-refractivity contribution in [1.82, 2.24) is 10.3 Å². The second-order valence-corrected chi connectivity index (χ2v) is 3.45. The molecule has 0 aromatic carbocycles. The Balaban J connectivity index is 2.65. The smallest absolute Gasteiger partial charge is 0.252 e. The lowest BCUT2D eigenvalue weighted by Gasteiger charge is -2.14. The van der Waals surface area contributed by atoms with E-state index >= 15 is 0 Å². The number of amides is 2. The van der Waals surface area contributed by atoms with E-state index in [1.807, 2.05) is 6.92 Å². The molecule has 0 spiro atoms. The SMILES string of the molecule is CCCC(NC(=O)c1ccncc1)C(N)=O. The minimum absolute atomic E-state index is 0.306. The molecule has 0 aliphatic heterocycles. The zero-order chi connectivity index (χ0) is 12.0. The van der Waals surface area contributed by atoms with Gasteiger partial charge >= 0.3 is 0 Å². The summed E-state index contributed by atoms with van der Waals surface area (Å²) in [6.07, 6.45) is 4.37. The van der Waals surface area contributed by atoms with E-state index in [1.165, 1.54) is 12.4 Å². The Morgan fingerprint density at radius 1 is 1.44 bits per heavy atom. The van der Waals surface area contributed by atoms with Crippen LogP contribution in [0, 0.1) is 0 Å². The highest BCUT2D eigenvalue weighted by molar-refractivity contribution is 5.97. The van der Waals surface area contributed by atoms with Gasteiger partial charge in [0.25, 0.3) is 5.91 Å². The van der Waals surface area contributed by atoms with Crippen LogP contribution in [0.15, 0.2) is 24.5 Å². The minimum atomic E-state index is -0.606. The molecular weight excluding hydrogens is 206 g/mol. The van der Waals surface area contributed by atoms with Crippen LogP contribution in [0.4, 0.5) is 0 Å². The van der Waals surface area contributed by atoms with Crippen molar-refractivity contribution in [2.75, 3.05) is 0 Å². The maximum Gasteiger partial charge on any atom is 0.252 e. The molecule has 0 fully saturated rings. The molecule has 3 N–H and O–H groups in total. The van der Waals surface area contributed by atoms with Gasteiger partial charge in [0.2, 0.25) is 5.91 Å². The number of aromatic nitrogens is 1. The van der Waals surface area contributed by atoms with E-state index in [0.29, 0.717) is 12.0 Å². The Labute approximate surface area is 94.1 Å². The fourth-order valence-electron chi connectivity index (χ4n) is 1.32. The van der Waals surface area contributed by atoms with Crippen LogP contribution in [-0.4, -0.2) is 22.8 Å². The predicted molar refractivity (Wildman–Crippen MR) is 59.6 cm³/mol. The first-order valence-corrected chi connectivity index (χ1v) is 5.15. The molecule has 16 heavy (non-hydrogen) atoms. The second kappa shape index (κ2) is 5.85. The summed E-state index contributed by atoms with van der Waals surface area (Å²) in [5.74, 6) is -0.816. The largest absolute Gasteiger partial charge is 0.368 e. The van der Waals surface area contributed by atoms with Gasteiger partial charge in [-0.2, -0.15) is 0 Å². The summed E-state index contributed by atoms with van der Waals surface area (Å²) in [5, 5.41) is 2.59. The van der Waals surface area contributed by atoms with Gasteiger partial charge in [-0.25, -0.2) is 0 Å². The van der Waals surface area contributed by atoms with Crippen LogP contribution in [0.5, 0.6) is 0 Å². The maximum absolute atomic E-state index is 11.7. The van der Waals surface area contributed by atoms with E-state index in [-0.39, 0.29) is 5.91 Å². The monoisotopic (exact) mass is 221 g/mol.